The second-order valence-electron chi connectivity index (χ2n) is 3.28. The highest BCUT2D eigenvalue weighted by atomic mass is 32.1. The van der Waals surface area contributed by atoms with Gasteiger partial charge in [-0.05, 0) is 24.8 Å². The number of nitrogens with one attached hydrogen (secondary N) is 1. The molecule has 1 N–H and O–H groups in total. The number of rotatable bonds is 4. The fourth-order valence-electron chi connectivity index (χ4n) is 1.36. The molecule has 0 bridgehead atoms. The maximum atomic E-state index is 4.35. The van der Waals surface area contributed by atoms with Gasteiger partial charge in [-0.1, -0.05) is 6.92 Å². The monoisotopic (exact) mass is 239 g/mol. The van der Waals surface area contributed by atoms with Gasteiger partial charge in [0.25, 0.3) is 0 Å². The zero-order valence-electron chi connectivity index (χ0n) is 8.78. The van der Waals surface area contributed by atoms with Crippen molar-refractivity contribution in [3.05, 3.63) is 16.3 Å². The van der Waals surface area contributed by atoms with Gasteiger partial charge in [-0.25, -0.2) is 0 Å². The second-order valence-corrected chi connectivity index (χ2v) is 4.93. The van der Waals surface area contributed by atoms with E-state index in [1.807, 2.05) is 0 Å². The lowest BCUT2D eigenvalue weighted by atomic mass is 10.2. The van der Waals surface area contributed by atoms with E-state index in [0.717, 1.165) is 24.5 Å². The van der Waals surface area contributed by atoms with Gasteiger partial charge in [0.2, 0.25) is 0 Å². The minimum Gasteiger partial charge on any atom is -0.367 e. The van der Waals surface area contributed by atoms with Crippen LogP contribution in [0.25, 0.3) is 11.3 Å². The average Bonchev–Trinajstić information content (AvgIpc) is 2.82. The number of aromatic nitrogens is 2. The summed E-state index contributed by atoms with van der Waals surface area (Å²) in [4.78, 5) is 1.29. The van der Waals surface area contributed by atoms with Gasteiger partial charge in [-0.2, -0.15) is 8.75 Å². The molecular weight excluding hydrogens is 226 g/mol. The van der Waals surface area contributed by atoms with E-state index in [1.165, 1.54) is 22.2 Å². The Labute approximate surface area is 97.5 Å². The molecule has 0 atom stereocenters. The van der Waals surface area contributed by atoms with Crippen molar-refractivity contribution in [1.29, 1.82) is 0 Å². The molecule has 0 saturated heterocycles. The van der Waals surface area contributed by atoms with Crippen molar-refractivity contribution < 1.29 is 0 Å². The van der Waals surface area contributed by atoms with E-state index in [1.54, 1.807) is 11.3 Å². The third kappa shape index (κ3) is 2.18. The molecule has 0 aliphatic carbocycles. The summed E-state index contributed by atoms with van der Waals surface area (Å²) in [6.07, 6.45) is 1.10. The van der Waals surface area contributed by atoms with Crippen LogP contribution < -0.4 is 5.32 Å². The summed E-state index contributed by atoms with van der Waals surface area (Å²) in [6, 6.07) is 2.11. The highest BCUT2D eigenvalue weighted by molar-refractivity contribution is 7.10. The molecule has 0 aliphatic rings. The van der Waals surface area contributed by atoms with Crippen molar-refractivity contribution in [3.8, 4) is 11.3 Å². The summed E-state index contributed by atoms with van der Waals surface area (Å²) in [5.41, 5.74) is 2.19. The molecule has 0 unspecified atom stereocenters. The Balaban J connectivity index is 2.29. The van der Waals surface area contributed by atoms with Crippen LogP contribution in [0.15, 0.2) is 11.4 Å². The lowest BCUT2D eigenvalue weighted by Crippen LogP contribution is -2.01. The molecule has 3 nitrogen and oxygen atoms in total. The summed E-state index contributed by atoms with van der Waals surface area (Å²) in [5, 5.41) is 5.39. The van der Waals surface area contributed by atoms with Gasteiger partial charge in [0.15, 0.2) is 5.82 Å². The first-order valence-corrected chi connectivity index (χ1v) is 6.54. The van der Waals surface area contributed by atoms with Crippen LogP contribution in [0.1, 0.15) is 18.2 Å². The smallest absolute Gasteiger partial charge is 0.168 e. The third-order valence-electron chi connectivity index (χ3n) is 2.14. The van der Waals surface area contributed by atoms with Crippen LogP contribution in [0.3, 0.4) is 0 Å². The molecule has 80 valence electrons. The highest BCUT2D eigenvalue weighted by Gasteiger charge is 2.12. The molecule has 0 spiro atoms. The van der Waals surface area contributed by atoms with E-state index in [-0.39, 0.29) is 0 Å². The number of anilines is 1. The van der Waals surface area contributed by atoms with Crippen molar-refractivity contribution in [3.63, 3.8) is 0 Å². The molecule has 0 aliphatic heterocycles. The summed E-state index contributed by atoms with van der Waals surface area (Å²) < 4.78 is 8.62. The van der Waals surface area contributed by atoms with Gasteiger partial charge in [0, 0.05) is 17.0 Å². The van der Waals surface area contributed by atoms with Gasteiger partial charge in [-0.15, -0.1) is 11.3 Å². The molecule has 2 aromatic heterocycles. The van der Waals surface area contributed by atoms with E-state index in [9.17, 15) is 0 Å². The van der Waals surface area contributed by atoms with Crippen LogP contribution in [0, 0.1) is 6.92 Å². The van der Waals surface area contributed by atoms with Crippen molar-refractivity contribution in [2.45, 2.75) is 20.3 Å². The third-order valence-corrected chi connectivity index (χ3v) is 3.52. The first-order valence-electron chi connectivity index (χ1n) is 4.93. The number of aryl methyl sites for hydroxylation is 1. The Bertz CT molecular complexity index is 433. The Morgan fingerprint density at radius 2 is 2.27 bits per heavy atom. The average molecular weight is 239 g/mol. The Kier molecular flexibility index (Phi) is 3.33. The summed E-state index contributed by atoms with van der Waals surface area (Å²) in [6.45, 7) is 5.20. The molecule has 15 heavy (non-hydrogen) atoms. The van der Waals surface area contributed by atoms with Crippen molar-refractivity contribution in [2.24, 2.45) is 0 Å². The molecule has 0 fully saturated rings. The predicted octanol–water partition coefficient (Wildman–Crippen LogP) is 3.40. The number of hydrogen-bond acceptors (Lipinski definition) is 5. The topological polar surface area (TPSA) is 37.8 Å². The molecule has 0 aromatic carbocycles. The number of hydrogen-bond donors (Lipinski definition) is 1. The number of thiophene rings is 1. The molecule has 2 heterocycles. The van der Waals surface area contributed by atoms with Crippen LogP contribution >= 0.6 is 23.1 Å². The first kappa shape index (κ1) is 10.6. The lowest BCUT2D eigenvalue weighted by molar-refractivity contribution is 0.974. The minimum atomic E-state index is 0.920. The van der Waals surface area contributed by atoms with E-state index in [4.69, 9.17) is 0 Å². The molecule has 0 saturated carbocycles. The molecule has 5 heteroatoms. The van der Waals surface area contributed by atoms with E-state index < -0.39 is 0 Å². The van der Waals surface area contributed by atoms with E-state index >= 15 is 0 Å². The second kappa shape index (κ2) is 4.72. The van der Waals surface area contributed by atoms with Gasteiger partial charge >= 0.3 is 0 Å². The van der Waals surface area contributed by atoms with Crippen LogP contribution in [-0.2, 0) is 0 Å². The van der Waals surface area contributed by atoms with Crippen molar-refractivity contribution in [2.75, 3.05) is 11.9 Å². The summed E-state index contributed by atoms with van der Waals surface area (Å²) >= 11 is 3.01. The zero-order valence-corrected chi connectivity index (χ0v) is 10.4. The maximum absolute atomic E-state index is 4.35. The van der Waals surface area contributed by atoms with Gasteiger partial charge in [-0.3, -0.25) is 0 Å². The predicted molar refractivity (Wildman–Crippen MR) is 66.7 cm³/mol. The fraction of sp³-hybridized carbons (Fsp3) is 0.400. The quantitative estimate of drug-likeness (QED) is 0.888. The molecular formula is C10H13N3S2. The highest BCUT2D eigenvalue weighted by Crippen LogP contribution is 2.31. The SMILES string of the molecule is CCCNc1nsnc1-c1ccsc1C. The van der Waals surface area contributed by atoms with Crippen LogP contribution in [0.4, 0.5) is 5.82 Å². The summed E-state index contributed by atoms with van der Waals surface area (Å²) in [5.74, 6) is 0.920. The zero-order chi connectivity index (χ0) is 10.7. The fourth-order valence-corrected chi connectivity index (χ4v) is 2.60. The Hall–Kier alpha value is -0.940. The van der Waals surface area contributed by atoms with Gasteiger partial charge < -0.3 is 5.32 Å². The van der Waals surface area contributed by atoms with E-state index in [0.29, 0.717) is 0 Å². The normalized spacial score (nSPS) is 10.5. The van der Waals surface area contributed by atoms with Crippen molar-refractivity contribution >= 4 is 28.9 Å². The van der Waals surface area contributed by atoms with E-state index in [2.05, 4.69) is 39.4 Å². The van der Waals surface area contributed by atoms with Crippen LogP contribution in [0.5, 0.6) is 0 Å². The maximum Gasteiger partial charge on any atom is 0.168 e. The molecule has 0 amide bonds. The van der Waals surface area contributed by atoms with Gasteiger partial charge in [0.05, 0.1) is 11.7 Å². The number of nitrogens with zero attached hydrogens (tertiary/aromatic N) is 2. The van der Waals surface area contributed by atoms with Crippen LogP contribution in [-0.4, -0.2) is 15.3 Å². The van der Waals surface area contributed by atoms with Crippen molar-refractivity contribution in [1.82, 2.24) is 8.75 Å². The molecule has 2 rings (SSSR count). The minimum absolute atomic E-state index is 0.920. The lowest BCUT2D eigenvalue weighted by Gasteiger charge is -2.02. The van der Waals surface area contributed by atoms with Crippen LogP contribution in [0.2, 0.25) is 0 Å². The standard InChI is InChI=1S/C10H13N3S2/c1-3-5-11-10-9(12-15-13-10)8-4-6-14-7(8)2/h4,6H,3,5H2,1-2H3,(H,11,13). The molecule has 2 aromatic rings. The Morgan fingerprint density at radius 3 is 2.93 bits per heavy atom. The Morgan fingerprint density at radius 1 is 1.40 bits per heavy atom. The largest absolute Gasteiger partial charge is 0.367 e. The summed E-state index contributed by atoms with van der Waals surface area (Å²) in [7, 11) is 0. The molecule has 0 radical (unpaired) electrons. The first-order chi connectivity index (χ1) is 7.33. The van der Waals surface area contributed by atoms with Gasteiger partial charge in [0.1, 0.15) is 5.69 Å².